The molecule has 170 valence electrons. The van der Waals surface area contributed by atoms with Gasteiger partial charge in [-0.25, -0.2) is 8.42 Å². The van der Waals surface area contributed by atoms with Gasteiger partial charge >= 0.3 is 0 Å². The van der Waals surface area contributed by atoms with Crippen LogP contribution in [0.4, 0.5) is 0 Å². The molecule has 1 N–H and O–H groups in total. The molecule has 1 aromatic heterocycles. The molecular weight excluding hydrogens is 418 g/mol. The molecule has 8 nitrogen and oxygen atoms in total. The minimum absolute atomic E-state index is 0.0386. The van der Waals surface area contributed by atoms with E-state index in [1.54, 1.807) is 13.8 Å². The number of sulfonamides is 1. The molecule has 2 aliphatic rings. The highest BCUT2D eigenvalue weighted by Crippen LogP contribution is 2.32. The van der Waals surface area contributed by atoms with Crippen molar-refractivity contribution in [2.24, 2.45) is 0 Å². The first kappa shape index (κ1) is 22.4. The van der Waals surface area contributed by atoms with Gasteiger partial charge in [0.05, 0.1) is 18.8 Å². The van der Waals surface area contributed by atoms with E-state index in [2.05, 4.69) is 28.3 Å². The number of β-amino-alcohol motifs (C(OH)–C–C–N with tert-alkyl or cyclic N) is 1. The van der Waals surface area contributed by atoms with E-state index in [1.807, 2.05) is 6.07 Å². The molecule has 31 heavy (non-hydrogen) atoms. The molecule has 1 fully saturated rings. The monoisotopic (exact) mass is 449 g/mol. The third kappa shape index (κ3) is 4.85. The lowest BCUT2D eigenvalue weighted by Gasteiger charge is -2.35. The summed E-state index contributed by atoms with van der Waals surface area (Å²) in [7, 11) is -3.62. The van der Waals surface area contributed by atoms with E-state index in [9.17, 15) is 13.5 Å². The number of piperazine rings is 1. The Hall–Kier alpha value is -1.78. The molecule has 1 saturated heterocycles. The number of hydrogen-bond acceptors (Lipinski definition) is 7. The second-order valence-corrected chi connectivity index (χ2v) is 10.3. The normalized spacial score (nSPS) is 21.7. The number of fused-ring (bicyclic) bond motifs is 1. The maximum Gasteiger partial charge on any atom is 0.248 e. The Bertz CT molecular complexity index is 979. The summed E-state index contributed by atoms with van der Waals surface area (Å²) in [4.78, 5) is 2.25. The van der Waals surface area contributed by atoms with E-state index in [4.69, 9.17) is 9.26 Å². The van der Waals surface area contributed by atoms with E-state index in [1.165, 1.54) is 15.4 Å². The Morgan fingerprint density at radius 1 is 1.23 bits per heavy atom. The number of ether oxygens (including phenoxy) is 1. The molecule has 0 bridgehead atoms. The Morgan fingerprint density at radius 2 is 1.97 bits per heavy atom. The molecule has 0 unspecified atom stereocenters. The van der Waals surface area contributed by atoms with Crippen LogP contribution in [0.2, 0.25) is 0 Å². The fourth-order valence-electron chi connectivity index (χ4n) is 4.58. The van der Waals surface area contributed by atoms with Crippen LogP contribution in [-0.2, 0) is 21.2 Å². The predicted molar refractivity (Wildman–Crippen MR) is 115 cm³/mol. The molecule has 0 saturated carbocycles. The number of aliphatic hydroxyl groups excluding tert-OH is 1. The smallest absolute Gasteiger partial charge is 0.248 e. The number of hydrogen-bond donors (Lipinski definition) is 1. The lowest BCUT2D eigenvalue weighted by molar-refractivity contribution is -0.0304. The summed E-state index contributed by atoms with van der Waals surface area (Å²) in [5, 5.41) is 14.3. The van der Waals surface area contributed by atoms with Crippen molar-refractivity contribution >= 4 is 10.0 Å². The topological polar surface area (TPSA) is 96.1 Å². The van der Waals surface area contributed by atoms with Crippen LogP contribution in [-0.4, -0.2) is 73.3 Å². The van der Waals surface area contributed by atoms with Crippen LogP contribution in [0.1, 0.15) is 41.5 Å². The molecule has 2 aromatic rings. The van der Waals surface area contributed by atoms with Crippen LogP contribution in [0.5, 0.6) is 0 Å². The maximum absolute atomic E-state index is 12.9. The Morgan fingerprint density at radius 3 is 2.68 bits per heavy atom. The van der Waals surface area contributed by atoms with Gasteiger partial charge in [0.2, 0.25) is 10.0 Å². The van der Waals surface area contributed by atoms with Crippen LogP contribution in [0.3, 0.4) is 0 Å². The van der Waals surface area contributed by atoms with E-state index >= 15 is 0 Å². The van der Waals surface area contributed by atoms with E-state index in [0.717, 1.165) is 19.3 Å². The molecule has 1 aromatic carbocycles. The first-order valence-electron chi connectivity index (χ1n) is 10.9. The first-order chi connectivity index (χ1) is 14.9. The maximum atomic E-state index is 12.9. The molecule has 1 aliphatic carbocycles. The number of nitrogens with zero attached hydrogens (tertiary/aromatic N) is 3. The van der Waals surface area contributed by atoms with E-state index in [0.29, 0.717) is 44.2 Å². The summed E-state index contributed by atoms with van der Waals surface area (Å²) < 4.78 is 38.4. The Labute approximate surface area is 183 Å². The van der Waals surface area contributed by atoms with Crippen LogP contribution in [0.25, 0.3) is 0 Å². The van der Waals surface area contributed by atoms with Crippen LogP contribution in [0, 0.1) is 13.8 Å². The van der Waals surface area contributed by atoms with E-state index < -0.39 is 16.1 Å². The van der Waals surface area contributed by atoms with Crippen molar-refractivity contribution in [2.75, 3.05) is 39.3 Å². The lowest BCUT2D eigenvalue weighted by Crippen LogP contribution is -2.50. The molecule has 0 amide bonds. The zero-order valence-corrected chi connectivity index (χ0v) is 19.0. The highest BCUT2D eigenvalue weighted by atomic mass is 32.2. The number of rotatable bonds is 7. The number of aliphatic hydroxyl groups is 1. The third-order valence-corrected chi connectivity index (χ3v) is 8.31. The van der Waals surface area contributed by atoms with E-state index in [-0.39, 0.29) is 17.6 Å². The molecular formula is C22H31N3O5S. The summed E-state index contributed by atoms with van der Waals surface area (Å²) in [5.74, 6) is 0.316. The molecule has 2 atom stereocenters. The molecule has 1 aliphatic heterocycles. The first-order valence-corrected chi connectivity index (χ1v) is 12.3. The van der Waals surface area contributed by atoms with Gasteiger partial charge < -0.3 is 14.4 Å². The van der Waals surface area contributed by atoms with Gasteiger partial charge in [-0.15, -0.1) is 0 Å². The number of aromatic nitrogens is 1. The zero-order valence-electron chi connectivity index (χ0n) is 18.2. The minimum Gasteiger partial charge on any atom is -0.389 e. The van der Waals surface area contributed by atoms with Crippen LogP contribution < -0.4 is 0 Å². The Kier molecular flexibility index (Phi) is 6.78. The van der Waals surface area contributed by atoms with Crippen molar-refractivity contribution in [2.45, 2.75) is 50.2 Å². The zero-order chi connectivity index (χ0) is 22.0. The summed E-state index contributed by atoms with van der Waals surface area (Å²) >= 11 is 0. The van der Waals surface area contributed by atoms with Crippen molar-refractivity contribution in [1.29, 1.82) is 0 Å². The second-order valence-electron chi connectivity index (χ2n) is 8.42. The van der Waals surface area contributed by atoms with Crippen molar-refractivity contribution in [3.63, 3.8) is 0 Å². The van der Waals surface area contributed by atoms with Gasteiger partial charge in [-0.2, -0.15) is 4.31 Å². The van der Waals surface area contributed by atoms with Gasteiger partial charge in [-0.05, 0) is 44.2 Å². The molecule has 2 heterocycles. The molecule has 0 radical (unpaired) electrons. The van der Waals surface area contributed by atoms with Gasteiger partial charge in [0.15, 0.2) is 5.76 Å². The van der Waals surface area contributed by atoms with Gasteiger partial charge in [0, 0.05) is 32.7 Å². The fraction of sp³-hybridized carbons (Fsp3) is 0.591. The molecule has 0 spiro atoms. The highest BCUT2D eigenvalue weighted by Gasteiger charge is 2.33. The molecule has 4 rings (SSSR count). The largest absolute Gasteiger partial charge is 0.389 e. The van der Waals surface area contributed by atoms with Crippen molar-refractivity contribution < 1.29 is 22.8 Å². The second kappa shape index (κ2) is 9.38. The lowest BCUT2D eigenvalue weighted by atomic mass is 9.89. The van der Waals surface area contributed by atoms with Crippen LogP contribution in [0.15, 0.2) is 33.7 Å². The van der Waals surface area contributed by atoms with Crippen molar-refractivity contribution in [3.8, 4) is 0 Å². The van der Waals surface area contributed by atoms with Crippen LogP contribution >= 0.6 is 0 Å². The summed E-state index contributed by atoms with van der Waals surface area (Å²) in [6.45, 7) is 5.86. The third-order valence-electron chi connectivity index (χ3n) is 6.17. The van der Waals surface area contributed by atoms with Gasteiger partial charge in [-0.1, -0.05) is 29.4 Å². The standard InChI is InChI=1S/C22H31N3O5S/c1-16-22(17(2)30-23-16)31(27,28)25-12-10-24(11-13-25)14-19(26)15-29-21-9-5-7-18-6-3-4-8-20(18)21/h3-4,6,8,19,21,26H,5,7,9-15H2,1-2H3/t19-,21+/m1/s1. The van der Waals surface area contributed by atoms with Crippen molar-refractivity contribution in [1.82, 2.24) is 14.4 Å². The average molecular weight is 450 g/mol. The highest BCUT2D eigenvalue weighted by molar-refractivity contribution is 7.89. The van der Waals surface area contributed by atoms with Gasteiger partial charge in [0.25, 0.3) is 0 Å². The summed E-state index contributed by atoms with van der Waals surface area (Å²) in [5.41, 5.74) is 2.96. The van der Waals surface area contributed by atoms with Gasteiger partial charge in [0.1, 0.15) is 10.6 Å². The molecule has 9 heteroatoms. The minimum atomic E-state index is -3.62. The summed E-state index contributed by atoms with van der Waals surface area (Å²) in [6.07, 6.45) is 2.58. The van der Waals surface area contributed by atoms with Gasteiger partial charge in [-0.3, -0.25) is 4.90 Å². The fourth-order valence-corrected chi connectivity index (χ4v) is 6.30. The SMILES string of the molecule is Cc1noc(C)c1S(=O)(=O)N1CCN(C[C@@H](O)CO[C@H]2CCCc3ccccc32)CC1. The predicted octanol–water partition coefficient (Wildman–Crippen LogP) is 2.05. The quantitative estimate of drug-likeness (QED) is 0.691. The number of benzene rings is 1. The number of aryl methyl sites for hydroxylation is 3. The summed E-state index contributed by atoms with van der Waals surface area (Å²) in [6, 6.07) is 8.36. The van der Waals surface area contributed by atoms with Crippen molar-refractivity contribution in [3.05, 3.63) is 46.8 Å². The Balaban J connectivity index is 1.27. The average Bonchev–Trinajstić information content (AvgIpc) is 3.11.